The molecule has 0 spiro atoms. The molecule has 0 saturated carbocycles. The first-order chi connectivity index (χ1) is 13.2. The van der Waals surface area contributed by atoms with Gasteiger partial charge in [0, 0.05) is 31.7 Å². The van der Waals surface area contributed by atoms with Crippen LogP contribution >= 0.6 is 0 Å². The molecule has 1 aromatic carbocycles. The van der Waals surface area contributed by atoms with Crippen molar-refractivity contribution in [3.05, 3.63) is 66.1 Å². The molecular weight excluding hydrogens is 344 g/mol. The maximum Gasteiger partial charge on any atom is 0.255 e. The Bertz CT molecular complexity index is 892. The van der Waals surface area contributed by atoms with E-state index >= 15 is 0 Å². The van der Waals surface area contributed by atoms with Crippen LogP contribution in [0.4, 0.5) is 0 Å². The number of ether oxygens (including phenoxy) is 2. The molecule has 0 fully saturated rings. The van der Waals surface area contributed by atoms with Crippen molar-refractivity contribution in [1.29, 1.82) is 0 Å². The second kappa shape index (κ2) is 8.35. The van der Waals surface area contributed by atoms with E-state index < -0.39 is 0 Å². The van der Waals surface area contributed by atoms with Crippen molar-refractivity contribution in [3.63, 3.8) is 0 Å². The van der Waals surface area contributed by atoms with Gasteiger partial charge >= 0.3 is 0 Å². The lowest BCUT2D eigenvalue weighted by Crippen LogP contribution is -2.30. The Morgan fingerprint density at radius 3 is 2.56 bits per heavy atom. The Labute approximate surface area is 158 Å². The predicted octanol–water partition coefficient (Wildman–Crippen LogP) is 2.95. The van der Waals surface area contributed by atoms with Gasteiger partial charge in [-0.2, -0.15) is 5.10 Å². The van der Waals surface area contributed by atoms with E-state index in [2.05, 4.69) is 10.1 Å². The molecule has 0 aliphatic heterocycles. The first-order valence-corrected chi connectivity index (χ1v) is 8.62. The highest BCUT2D eigenvalue weighted by Crippen LogP contribution is 2.28. The highest BCUT2D eigenvalue weighted by atomic mass is 16.5. The Kier molecular flexibility index (Phi) is 5.71. The van der Waals surface area contributed by atoms with Crippen molar-refractivity contribution in [2.24, 2.45) is 0 Å². The highest BCUT2D eigenvalue weighted by molar-refractivity contribution is 5.94. The molecular formula is C20H22N4O3. The van der Waals surface area contributed by atoms with Gasteiger partial charge in [0.2, 0.25) is 0 Å². The standard InChI is InChI=1S/C20H22N4O3/c1-4-23(14-15-6-8-17(26-2)18(12-15)27-3)20(25)16-7-9-19(21-13-16)24-11-5-10-22-24/h5-13H,4,14H2,1-3H3. The molecule has 2 aromatic heterocycles. The number of benzene rings is 1. The van der Waals surface area contributed by atoms with Crippen molar-refractivity contribution in [1.82, 2.24) is 19.7 Å². The van der Waals surface area contributed by atoms with E-state index in [4.69, 9.17) is 9.47 Å². The molecule has 7 nitrogen and oxygen atoms in total. The topological polar surface area (TPSA) is 69.5 Å². The van der Waals surface area contributed by atoms with Crippen molar-refractivity contribution < 1.29 is 14.3 Å². The second-order valence-electron chi connectivity index (χ2n) is 5.86. The van der Waals surface area contributed by atoms with Gasteiger partial charge in [0.15, 0.2) is 17.3 Å². The van der Waals surface area contributed by atoms with Crippen LogP contribution < -0.4 is 9.47 Å². The molecule has 0 saturated heterocycles. The number of hydrogen-bond donors (Lipinski definition) is 0. The molecule has 2 heterocycles. The molecule has 7 heteroatoms. The number of amides is 1. The van der Waals surface area contributed by atoms with E-state index in [1.54, 1.807) is 54.5 Å². The van der Waals surface area contributed by atoms with Gasteiger partial charge in [0.05, 0.1) is 19.8 Å². The monoisotopic (exact) mass is 366 g/mol. The number of rotatable bonds is 7. The molecule has 27 heavy (non-hydrogen) atoms. The van der Waals surface area contributed by atoms with Crippen LogP contribution in [-0.4, -0.2) is 46.3 Å². The van der Waals surface area contributed by atoms with Crippen molar-refractivity contribution in [3.8, 4) is 17.3 Å². The summed E-state index contributed by atoms with van der Waals surface area (Å²) in [5.74, 6) is 1.89. The minimum Gasteiger partial charge on any atom is -0.493 e. The molecule has 0 aliphatic carbocycles. The van der Waals surface area contributed by atoms with Crippen LogP contribution in [0.15, 0.2) is 55.0 Å². The Hall–Kier alpha value is -3.35. The Morgan fingerprint density at radius 1 is 1.15 bits per heavy atom. The van der Waals surface area contributed by atoms with Crippen molar-refractivity contribution in [2.75, 3.05) is 20.8 Å². The second-order valence-corrected chi connectivity index (χ2v) is 5.86. The number of carbonyl (C=O) groups is 1. The summed E-state index contributed by atoms with van der Waals surface area (Å²) in [4.78, 5) is 19.0. The number of pyridine rings is 1. The Balaban J connectivity index is 1.76. The third kappa shape index (κ3) is 4.08. The van der Waals surface area contributed by atoms with Crippen LogP contribution in [-0.2, 0) is 6.54 Å². The van der Waals surface area contributed by atoms with E-state index in [0.717, 1.165) is 5.56 Å². The summed E-state index contributed by atoms with van der Waals surface area (Å²) in [7, 11) is 3.19. The summed E-state index contributed by atoms with van der Waals surface area (Å²) < 4.78 is 12.2. The number of methoxy groups -OCH3 is 2. The molecule has 0 atom stereocenters. The van der Waals surface area contributed by atoms with E-state index in [0.29, 0.717) is 36.0 Å². The van der Waals surface area contributed by atoms with Crippen LogP contribution in [0.25, 0.3) is 5.82 Å². The zero-order valence-electron chi connectivity index (χ0n) is 15.6. The number of carbonyl (C=O) groups excluding carboxylic acids is 1. The van der Waals surface area contributed by atoms with Gasteiger partial charge in [-0.15, -0.1) is 0 Å². The third-order valence-electron chi connectivity index (χ3n) is 4.22. The summed E-state index contributed by atoms with van der Waals surface area (Å²) in [5, 5.41) is 4.14. The minimum absolute atomic E-state index is 0.0770. The van der Waals surface area contributed by atoms with Gasteiger partial charge in [-0.3, -0.25) is 4.79 Å². The van der Waals surface area contributed by atoms with Crippen LogP contribution in [0.3, 0.4) is 0 Å². The van der Waals surface area contributed by atoms with E-state index in [1.165, 1.54) is 0 Å². The molecule has 0 unspecified atom stereocenters. The molecule has 140 valence electrons. The average molecular weight is 366 g/mol. The molecule has 0 aliphatic rings. The maximum atomic E-state index is 12.9. The summed E-state index contributed by atoms with van der Waals surface area (Å²) in [6, 6.07) is 11.0. The number of hydrogen-bond acceptors (Lipinski definition) is 5. The fourth-order valence-corrected chi connectivity index (χ4v) is 2.76. The van der Waals surface area contributed by atoms with Crippen LogP contribution in [0.5, 0.6) is 11.5 Å². The zero-order chi connectivity index (χ0) is 19.2. The minimum atomic E-state index is -0.0770. The van der Waals surface area contributed by atoms with Crippen molar-refractivity contribution >= 4 is 5.91 Å². The van der Waals surface area contributed by atoms with Gasteiger partial charge in [-0.25, -0.2) is 9.67 Å². The number of aromatic nitrogens is 3. The third-order valence-corrected chi connectivity index (χ3v) is 4.22. The van der Waals surface area contributed by atoms with Crippen LogP contribution in [0.2, 0.25) is 0 Å². The molecule has 3 rings (SSSR count). The van der Waals surface area contributed by atoms with E-state index in [9.17, 15) is 4.79 Å². The fourth-order valence-electron chi connectivity index (χ4n) is 2.76. The average Bonchev–Trinajstić information content (AvgIpc) is 3.26. The first kappa shape index (κ1) is 18.4. The lowest BCUT2D eigenvalue weighted by Gasteiger charge is -2.21. The summed E-state index contributed by atoms with van der Waals surface area (Å²) in [5.41, 5.74) is 1.50. The molecule has 3 aromatic rings. The summed E-state index contributed by atoms with van der Waals surface area (Å²) >= 11 is 0. The highest BCUT2D eigenvalue weighted by Gasteiger charge is 2.16. The van der Waals surface area contributed by atoms with E-state index in [1.807, 2.05) is 31.2 Å². The smallest absolute Gasteiger partial charge is 0.255 e. The number of nitrogens with zero attached hydrogens (tertiary/aromatic N) is 4. The lowest BCUT2D eigenvalue weighted by atomic mass is 10.1. The van der Waals surface area contributed by atoms with Gasteiger partial charge in [-0.1, -0.05) is 6.07 Å². The van der Waals surface area contributed by atoms with Crippen LogP contribution in [0, 0.1) is 0 Å². The first-order valence-electron chi connectivity index (χ1n) is 8.62. The van der Waals surface area contributed by atoms with Gasteiger partial charge in [0.25, 0.3) is 5.91 Å². The Morgan fingerprint density at radius 2 is 1.96 bits per heavy atom. The summed E-state index contributed by atoms with van der Waals surface area (Å²) in [6.45, 7) is 2.99. The fraction of sp³-hybridized carbons (Fsp3) is 0.250. The molecule has 0 N–H and O–H groups in total. The maximum absolute atomic E-state index is 12.9. The van der Waals surface area contributed by atoms with Crippen LogP contribution in [0.1, 0.15) is 22.8 Å². The van der Waals surface area contributed by atoms with Gasteiger partial charge in [0.1, 0.15) is 0 Å². The predicted molar refractivity (Wildman–Crippen MR) is 101 cm³/mol. The summed E-state index contributed by atoms with van der Waals surface area (Å²) in [6.07, 6.45) is 5.07. The zero-order valence-corrected chi connectivity index (χ0v) is 15.6. The van der Waals surface area contributed by atoms with Gasteiger partial charge < -0.3 is 14.4 Å². The quantitative estimate of drug-likeness (QED) is 0.643. The largest absolute Gasteiger partial charge is 0.493 e. The molecule has 0 bridgehead atoms. The molecule has 1 amide bonds. The van der Waals surface area contributed by atoms with Gasteiger partial charge in [-0.05, 0) is 42.8 Å². The van der Waals surface area contributed by atoms with E-state index in [-0.39, 0.29) is 5.91 Å². The lowest BCUT2D eigenvalue weighted by molar-refractivity contribution is 0.0752. The SMILES string of the molecule is CCN(Cc1ccc(OC)c(OC)c1)C(=O)c1ccc(-n2cccn2)nc1. The normalized spacial score (nSPS) is 10.5. The van der Waals surface area contributed by atoms with Crippen molar-refractivity contribution in [2.45, 2.75) is 13.5 Å². The molecule has 0 radical (unpaired) electrons.